The molecule has 1 fully saturated rings. The van der Waals surface area contributed by atoms with Crippen molar-refractivity contribution < 1.29 is 27.4 Å². The van der Waals surface area contributed by atoms with Crippen LogP contribution in [0.3, 0.4) is 0 Å². The number of hydrogen-bond donors (Lipinski definition) is 1. The van der Waals surface area contributed by atoms with E-state index in [9.17, 15) is 18.0 Å². The molecule has 8 heteroatoms. The second-order valence-corrected chi connectivity index (χ2v) is 7.34. The highest BCUT2D eigenvalue weighted by Crippen LogP contribution is 2.24. The minimum atomic E-state index is -1.25. The van der Waals surface area contributed by atoms with Gasteiger partial charge < -0.3 is 14.4 Å². The highest BCUT2D eigenvalue weighted by Gasteiger charge is 2.34. The molecule has 1 aliphatic rings. The van der Waals surface area contributed by atoms with E-state index in [1.807, 2.05) is 30.3 Å². The molecule has 0 unspecified atom stereocenters. The maximum atomic E-state index is 13.7. The monoisotopic (exact) mass is 411 g/mol. The molecule has 3 rings (SSSR count). The predicted octanol–water partition coefficient (Wildman–Crippen LogP) is 4.33. The Morgan fingerprint density at radius 3 is 2.54 bits per heavy atom. The van der Waals surface area contributed by atoms with E-state index >= 15 is 0 Å². The molecule has 28 heavy (non-hydrogen) atoms. The topological polar surface area (TPSA) is 38.8 Å². The largest absolute Gasteiger partial charge is 0.445 e. The first kappa shape index (κ1) is 20.5. The van der Waals surface area contributed by atoms with Gasteiger partial charge in [0.1, 0.15) is 12.4 Å². The Bertz CT molecular complexity index is 822. The van der Waals surface area contributed by atoms with Crippen molar-refractivity contribution in [1.29, 1.82) is 0 Å². The van der Waals surface area contributed by atoms with Crippen LogP contribution in [0.2, 0.25) is 0 Å². The maximum Gasteiger partial charge on any atom is 0.410 e. The molecule has 0 bridgehead atoms. The van der Waals surface area contributed by atoms with Gasteiger partial charge in [-0.3, -0.25) is 0 Å². The molecule has 1 heterocycles. The van der Waals surface area contributed by atoms with E-state index in [2.05, 4.69) is 12.6 Å². The lowest BCUT2D eigenvalue weighted by Crippen LogP contribution is -2.38. The fourth-order valence-electron chi connectivity index (χ4n) is 3.06. The number of hydrogen-bond acceptors (Lipinski definition) is 4. The normalized spacial score (nSPS) is 19.1. The van der Waals surface area contributed by atoms with E-state index < -0.39 is 23.5 Å². The van der Waals surface area contributed by atoms with Gasteiger partial charge in [0.15, 0.2) is 11.6 Å². The van der Waals surface area contributed by atoms with Crippen molar-refractivity contribution in [2.45, 2.75) is 30.9 Å². The number of thiol groups is 1. The van der Waals surface area contributed by atoms with Crippen molar-refractivity contribution in [3.63, 3.8) is 0 Å². The summed E-state index contributed by atoms with van der Waals surface area (Å²) >= 11 is 4.42. The van der Waals surface area contributed by atoms with Crippen LogP contribution < -0.4 is 0 Å². The Morgan fingerprint density at radius 2 is 1.79 bits per heavy atom. The second-order valence-electron chi connectivity index (χ2n) is 6.61. The molecule has 150 valence electrons. The van der Waals surface area contributed by atoms with Crippen LogP contribution in [0.25, 0.3) is 0 Å². The fourth-order valence-corrected chi connectivity index (χ4v) is 3.47. The number of ether oxygens (including phenoxy) is 2. The van der Waals surface area contributed by atoms with Crippen molar-refractivity contribution >= 4 is 18.7 Å². The lowest BCUT2D eigenvalue weighted by atomic mass is 10.2. The average molecular weight is 411 g/mol. The number of halogens is 3. The molecule has 0 aromatic heterocycles. The number of carbonyl (C=O) groups excluding carboxylic acids is 1. The van der Waals surface area contributed by atoms with Gasteiger partial charge in [0.2, 0.25) is 0 Å². The summed E-state index contributed by atoms with van der Waals surface area (Å²) in [5.41, 5.74) is 0.789. The Balaban J connectivity index is 1.53. The second kappa shape index (κ2) is 9.34. The molecule has 1 amide bonds. The molecular formula is C20H20F3NO3S. The quantitative estimate of drug-likeness (QED) is 0.568. The van der Waals surface area contributed by atoms with Crippen LogP contribution in [0.15, 0.2) is 42.5 Å². The Morgan fingerprint density at radius 1 is 1.07 bits per heavy atom. The minimum Gasteiger partial charge on any atom is -0.445 e. The van der Waals surface area contributed by atoms with Gasteiger partial charge in [0, 0.05) is 23.4 Å². The number of benzene rings is 2. The van der Waals surface area contributed by atoms with Crippen LogP contribution in [0.4, 0.5) is 18.0 Å². The summed E-state index contributed by atoms with van der Waals surface area (Å²) < 4.78 is 50.7. The molecule has 1 aliphatic heterocycles. The van der Waals surface area contributed by atoms with Crippen molar-refractivity contribution in [2.75, 3.05) is 13.2 Å². The van der Waals surface area contributed by atoms with E-state index in [0.717, 1.165) is 11.6 Å². The van der Waals surface area contributed by atoms with Crippen LogP contribution in [-0.2, 0) is 22.7 Å². The first-order chi connectivity index (χ1) is 13.4. The Hall–Kier alpha value is -2.19. The molecule has 0 spiro atoms. The van der Waals surface area contributed by atoms with Gasteiger partial charge in [-0.1, -0.05) is 30.3 Å². The number of likely N-dealkylation sites (tertiary alicyclic amines) is 1. The van der Waals surface area contributed by atoms with Crippen LogP contribution in [0.5, 0.6) is 0 Å². The number of nitrogens with zero attached hydrogens (tertiary/aromatic N) is 1. The minimum absolute atomic E-state index is 0.0297. The molecular weight excluding hydrogens is 391 g/mol. The van der Waals surface area contributed by atoms with Crippen molar-refractivity contribution in [1.82, 2.24) is 4.90 Å². The standard InChI is InChI=1S/C20H20F3NO3S/c21-17-8-19(23)18(22)6-14(17)11-26-12-15-7-16(28)9-24(15)20(25)27-10-13-4-2-1-3-5-13/h1-6,8,15-16,28H,7,9-12H2/t15-,16+/m0/s1. The average Bonchev–Trinajstić information content (AvgIpc) is 3.05. The first-order valence-electron chi connectivity index (χ1n) is 8.80. The summed E-state index contributed by atoms with van der Waals surface area (Å²) in [7, 11) is 0. The highest BCUT2D eigenvalue weighted by molar-refractivity contribution is 7.81. The smallest absolute Gasteiger partial charge is 0.410 e. The molecule has 1 saturated heterocycles. The third kappa shape index (κ3) is 5.20. The van der Waals surface area contributed by atoms with Crippen LogP contribution in [0, 0.1) is 17.5 Å². The molecule has 2 aromatic carbocycles. The summed E-state index contributed by atoms with van der Waals surface area (Å²) in [6, 6.07) is 10.3. The van der Waals surface area contributed by atoms with Gasteiger partial charge in [0.05, 0.1) is 19.3 Å². The van der Waals surface area contributed by atoms with Crippen LogP contribution in [-0.4, -0.2) is 35.4 Å². The molecule has 0 radical (unpaired) electrons. The van der Waals surface area contributed by atoms with Crippen molar-refractivity contribution in [3.05, 3.63) is 71.0 Å². The molecule has 4 nitrogen and oxygen atoms in total. The number of carbonyl (C=O) groups is 1. The zero-order valence-corrected chi connectivity index (χ0v) is 15.9. The summed E-state index contributed by atoms with van der Waals surface area (Å²) in [4.78, 5) is 13.9. The SMILES string of the molecule is O=C(OCc1ccccc1)N1C[C@H](S)C[C@H]1COCc1cc(F)c(F)cc1F. The van der Waals surface area contributed by atoms with E-state index in [0.29, 0.717) is 19.0 Å². The molecule has 2 aromatic rings. The van der Waals surface area contributed by atoms with Gasteiger partial charge in [0.25, 0.3) is 0 Å². The van der Waals surface area contributed by atoms with E-state index in [1.54, 1.807) is 0 Å². The van der Waals surface area contributed by atoms with E-state index in [4.69, 9.17) is 9.47 Å². The van der Waals surface area contributed by atoms with Gasteiger partial charge in [-0.25, -0.2) is 18.0 Å². The lowest BCUT2D eigenvalue weighted by molar-refractivity contribution is 0.0484. The first-order valence-corrected chi connectivity index (χ1v) is 9.32. The summed E-state index contributed by atoms with van der Waals surface area (Å²) in [6.45, 7) is 0.435. The molecule has 2 atom stereocenters. The Kier molecular flexibility index (Phi) is 6.85. The fraction of sp³-hybridized carbons (Fsp3) is 0.350. The third-order valence-corrected chi connectivity index (χ3v) is 4.86. The van der Waals surface area contributed by atoms with E-state index in [-0.39, 0.29) is 36.7 Å². The zero-order chi connectivity index (χ0) is 20.1. The highest BCUT2D eigenvalue weighted by atomic mass is 32.1. The van der Waals surface area contributed by atoms with E-state index in [1.165, 1.54) is 4.90 Å². The Labute approximate surface area is 166 Å². The summed E-state index contributed by atoms with van der Waals surface area (Å²) in [5, 5.41) is -0.0297. The third-order valence-electron chi connectivity index (χ3n) is 4.49. The van der Waals surface area contributed by atoms with Gasteiger partial charge >= 0.3 is 6.09 Å². The summed E-state index contributed by atoms with van der Waals surface area (Å²) in [5.74, 6) is -3.26. The van der Waals surface area contributed by atoms with Crippen LogP contribution in [0.1, 0.15) is 17.5 Å². The number of amides is 1. The molecule has 0 N–H and O–H groups in total. The molecule has 0 saturated carbocycles. The summed E-state index contributed by atoms with van der Waals surface area (Å²) in [6.07, 6.45) is 0.108. The van der Waals surface area contributed by atoms with Crippen molar-refractivity contribution in [2.24, 2.45) is 0 Å². The van der Waals surface area contributed by atoms with Gasteiger partial charge in [-0.2, -0.15) is 12.6 Å². The number of rotatable bonds is 6. The maximum absolute atomic E-state index is 13.7. The zero-order valence-electron chi connectivity index (χ0n) is 15.0. The molecule has 0 aliphatic carbocycles. The van der Waals surface area contributed by atoms with Gasteiger partial charge in [-0.15, -0.1) is 0 Å². The van der Waals surface area contributed by atoms with Crippen molar-refractivity contribution in [3.8, 4) is 0 Å². The predicted molar refractivity (Wildman–Crippen MR) is 100 cm³/mol. The lowest BCUT2D eigenvalue weighted by Gasteiger charge is -2.24. The van der Waals surface area contributed by atoms with Crippen LogP contribution >= 0.6 is 12.6 Å². The van der Waals surface area contributed by atoms with Gasteiger partial charge in [-0.05, 0) is 18.1 Å².